The van der Waals surface area contributed by atoms with Gasteiger partial charge in [-0.15, -0.1) is 10.6 Å². The maximum atomic E-state index is 12.4. The summed E-state index contributed by atoms with van der Waals surface area (Å²) < 4.78 is 25.5. The number of allylic oxidation sites excluding steroid dienone is 1. The maximum absolute atomic E-state index is 12.4. The zero-order chi connectivity index (χ0) is 31.6. The lowest BCUT2D eigenvalue weighted by Gasteiger charge is -2.17. The fourth-order valence-electron chi connectivity index (χ4n) is 3.64. The molecule has 0 aliphatic heterocycles. The van der Waals surface area contributed by atoms with Crippen LogP contribution in [-0.4, -0.2) is 51.6 Å². The van der Waals surface area contributed by atoms with E-state index in [-0.39, 0.29) is 31.0 Å². The lowest BCUT2D eigenvalue weighted by Crippen LogP contribution is -2.21. The van der Waals surface area contributed by atoms with Gasteiger partial charge in [-0.3, -0.25) is 9.68 Å². The number of aliphatic hydroxyl groups is 1. The second kappa shape index (κ2) is 14.8. The van der Waals surface area contributed by atoms with E-state index in [2.05, 4.69) is 47.3 Å². The van der Waals surface area contributed by atoms with Gasteiger partial charge in [-0.1, -0.05) is 40.9 Å². The number of hydrogen-bond acceptors (Lipinski definition) is 12. The van der Waals surface area contributed by atoms with Crippen molar-refractivity contribution in [2.24, 2.45) is 4.36 Å². The highest BCUT2D eigenvalue weighted by Gasteiger charge is 2.14. The Morgan fingerprint density at radius 3 is 2.45 bits per heavy atom. The Bertz CT molecular complexity index is 1720. The molecule has 2 aromatic carbocycles. The van der Waals surface area contributed by atoms with Crippen molar-refractivity contribution >= 4 is 57.3 Å². The van der Waals surface area contributed by atoms with Gasteiger partial charge in [0.15, 0.2) is 11.6 Å². The summed E-state index contributed by atoms with van der Waals surface area (Å²) in [6, 6.07) is 14.2. The number of aromatic nitrogens is 3. The molecule has 1 unspecified atom stereocenters. The number of nitrogens with one attached hydrogen (secondary N) is 4. The third kappa shape index (κ3) is 8.62. The minimum absolute atomic E-state index is 0.126. The van der Waals surface area contributed by atoms with Crippen LogP contribution >= 0.6 is 0 Å². The van der Waals surface area contributed by atoms with Crippen molar-refractivity contribution < 1.29 is 28.2 Å². The Morgan fingerprint density at radius 2 is 1.82 bits per heavy atom. The van der Waals surface area contributed by atoms with Gasteiger partial charge in [0.05, 0.1) is 13.2 Å². The molecule has 44 heavy (non-hydrogen) atoms. The van der Waals surface area contributed by atoms with Crippen molar-refractivity contribution in [2.75, 3.05) is 34.5 Å². The Balaban J connectivity index is 1.47. The lowest BCUT2D eigenvalue weighted by atomic mass is 10.1. The van der Waals surface area contributed by atoms with E-state index in [9.17, 15) is 18.9 Å². The van der Waals surface area contributed by atoms with Crippen molar-refractivity contribution in [1.29, 1.82) is 0 Å². The number of carbonyl (C=O) groups excluding carboxylic acids is 2. The number of ether oxygens (including phenoxy) is 1. The van der Waals surface area contributed by atoms with Crippen LogP contribution in [0.1, 0.15) is 26.5 Å². The SMILES string of the molecule is C=C(C)c1cc(NC(=O)Nc2ccc(-c3cnc(Nc4ccc([S-](=O)=NC(=O)OCC)cc4)nc3NC(C)CO)cc2)no1. The Hall–Kier alpha value is -5.28. The zero-order valence-electron chi connectivity index (χ0n) is 24.2. The van der Waals surface area contributed by atoms with Gasteiger partial charge >= 0.3 is 12.1 Å². The lowest BCUT2D eigenvalue weighted by molar-refractivity contribution is 0.164. The first-order valence-electron chi connectivity index (χ1n) is 13.4. The van der Waals surface area contributed by atoms with Crippen molar-refractivity contribution in [3.63, 3.8) is 0 Å². The molecule has 2 heterocycles. The van der Waals surface area contributed by atoms with Gasteiger partial charge in [0.25, 0.3) is 0 Å². The van der Waals surface area contributed by atoms with Crippen LogP contribution in [0.5, 0.6) is 0 Å². The molecule has 15 heteroatoms. The fourth-order valence-corrected chi connectivity index (χ4v) is 4.31. The molecule has 0 fully saturated rings. The number of benzene rings is 2. The molecule has 0 aliphatic carbocycles. The first-order valence-corrected chi connectivity index (χ1v) is 14.5. The third-order valence-corrected chi connectivity index (χ3v) is 6.80. The van der Waals surface area contributed by atoms with Gasteiger partial charge in [0.1, 0.15) is 5.82 Å². The van der Waals surface area contributed by atoms with Crippen molar-refractivity contribution in [1.82, 2.24) is 15.1 Å². The average molecular weight is 620 g/mol. The largest absolute Gasteiger partial charge is 0.450 e. The van der Waals surface area contributed by atoms with Gasteiger partial charge in [-0.05, 0) is 56.2 Å². The number of rotatable bonds is 11. The summed E-state index contributed by atoms with van der Waals surface area (Å²) in [5.74, 6) is 1.46. The topological polar surface area (TPSA) is 193 Å². The van der Waals surface area contributed by atoms with Gasteiger partial charge in [0, 0.05) is 35.2 Å². The summed E-state index contributed by atoms with van der Waals surface area (Å²) in [4.78, 5) is 33.2. The van der Waals surface area contributed by atoms with Crippen LogP contribution in [0.15, 0.2) is 81.2 Å². The van der Waals surface area contributed by atoms with Gasteiger partial charge in [0.2, 0.25) is 5.95 Å². The first-order chi connectivity index (χ1) is 21.1. The standard InChI is InChI=1S/C29H31N8O6S/c1-5-42-29(40)37-44(41)22-12-10-20(11-13-22)32-27-30-15-23(26(35-27)31-18(4)16-38)19-6-8-21(9-7-19)33-28(39)34-25-14-24(17(2)3)43-36-25/h6-15,18,38H,2,5,16H2,1,3-4H3,(H2,30,31,32,35)(H2,33,34,36,39)/q-1. The summed E-state index contributed by atoms with van der Waals surface area (Å²) >= 11 is 0. The molecule has 4 rings (SSSR count). The van der Waals surface area contributed by atoms with Gasteiger partial charge in [-0.25, -0.2) is 14.6 Å². The van der Waals surface area contributed by atoms with Crippen LogP contribution in [-0.2, 0) is 19.5 Å². The summed E-state index contributed by atoms with van der Waals surface area (Å²) in [7, 11) is -1.90. The quantitative estimate of drug-likeness (QED) is 0.123. The van der Waals surface area contributed by atoms with Crippen molar-refractivity contribution in [2.45, 2.75) is 31.7 Å². The molecule has 0 radical (unpaired) electrons. The van der Waals surface area contributed by atoms with Crippen LogP contribution < -0.4 is 21.3 Å². The Kier molecular flexibility index (Phi) is 10.6. The molecule has 1 atom stereocenters. The van der Waals surface area contributed by atoms with E-state index >= 15 is 0 Å². The van der Waals surface area contributed by atoms with Crippen LogP contribution in [0.3, 0.4) is 0 Å². The van der Waals surface area contributed by atoms with E-state index in [0.29, 0.717) is 39.0 Å². The highest BCUT2D eigenvalue weighted by molar-refractivity contribution is 7.75. The highest BCUT2D eigenvalue weighted by Crippen LogP contribution is 2.29. The molecule has 4 aromatic rings. The molecular formula is C29H31N8O6S-. The number of urea groups is 1. The van der Waals surface area contributed by atoms with Crippen LogP contribution in [0.25, 0.3) is 16.7 Å². The smallest absolute Gasteiger partial charge is 0.410 e. The predicted molar refractivity (Wildman–Crippen MR) is 167 cm³/mol. The Labute approximate surface area is 255 Å². The number of aliphatic hydroxyl groups excluding tert-OH is 1. The van der Waals surface area contributed by atoms with E-state index in [0.717, 1.165) is 5.56 Å². The molecule has 230 valence electrons. The van der Waals surface area contributed by atoms with Crippen molar-refractivity contribution in [3.05, 3.63) is 73.1 Å². The normalized spacial score (nSPS) is 12.2. The third-order valence-electron chi connectivity index (χ3n) is 5.81. The van der Waals surface area contributed by atoms with E-state index in [1.807, 2.05) is 0 Å². The Morgan fingerprint density at radius 1 is 1.11 bits per heavy atom. The fraction of sp³-hybridized carbons (Fsp3) is 0.207. The predicted octanol–water partition coefficient (Wildman–Crippen LogP) is 6.01. The van der Waals surface area contributed by atoms with E-state index < -0.39 is 22.7 Å². The van der Waals surface area contributed by atoms with E-state index in [1.54, 1.807) is 81.6 Å². The summed E-state index contributed by atoms with van der Waals surface area (Å²) in [6.07, 6.45) is 0.734. The molecule has 0 spiro atoms. The van der Waals surface area contributed by atoms with Crippen LogP contribution in [0.4, 0.5) is 38.5 Å². The molecule has 0 aliphatic rings. The number of carbonyl (C=O) groups is 2. The van der Waals surface area contributed by atoms with Crippen LogP contribution in [0.2, 0.25) is 0 Å². The minimum Gasteiger partial charge on any atom is -0.450 e. The first kappa shape index (κ1) is 31.7. The van der Waals surface area contributed by atoms with Crippen molar-refractivity contribution in [3.8, 4) is 11.1 Å². The van der Waals surface area contributed by atoms with Gasteiger partial charge in [-0.2, -0.15) is 4.98 Å². The molecule has 2 aromatic heterocycles. The molecule has 14 nitrogen and oxygen atoms in total. The number of hydrogen-bond donors (Lipinski definition) is 5. The summed E-state index contributed by atoms with van der Waals surface area (Å²) in [5, 5.41) is 25.0. The minimum atomic E-state index is -1.90. The molecule has 0 saturated heterocycles. The van der Waals surface area contributed by atoms with E-state index in [1.165, 1.54) is 0 Å². The second-order valence-electron chi connectivity index (χ2n) is 9.39. The van der Waals surface area contributed by atoms with Crippen LogP contribution in [0, 0.1) is 0 Å². The van der Waals surface area contributed by atoms with Gasteiger partial charge < -0.3 is 34.5 Å². The molecular weight excluding hydrogens is 588 g/mol. The summed E-state index contributed by atoms with van der Waals surface area (Å²) in [5.41, 5.74) is 3.24. The monoisotopic (exact) mass is 619 g/mol. The highest BCUT2D eigenvalue weighted by atomic mass is 32.2. The zero-order valence-corrected chi connectivity index (χ0v) is 25.0. The second-order valence-corrected chi connectivity index (χ2v) is 10.5. The molecule has 0 bridgehead atoms. The maximum Gasteiger partial charge on any atom is 0.410 e. The number of anilines is 5. The number of nitrogens with zero attached hydrogens (tertiary/aromatic N) is 4. The average Bonchev–Trinajstić information content (AvgIpc) is 3.47. The molecule has 3 amide bonds. The molecule has 5 N–H and O–H groups in total. The van der Waals surface area contributed by atoms with E-state index in [4.69, 9.17) is 9.26 Å². The number of amides is 3. The molecule has 0 saturated carbocycles. The summed E-state index contributed by atoms with van der Waals surface area (Å²) in [6.45, 7) is 8.99.